The Morgan fingerprint density at radius 1 is 1.60 bits per heavy atom. The molecule has 0 aromatic heterocycles. The topological polar surface area (TPSA) is 54.5 Å². The van der Waals surface area contributed by atoms with Crippen LogP contribution in [0.5, 0.6) is 0 Å². The monoisotopic (exact) mass is 285 g/mol. The van der Waals surface area contributed by atoms with Gasteiger partial charge in [-0.05, 0) is 40.0 Å². The van der Waals surface area contributed by atoms with Crippen LogP contribution in [-0.4, -0.2) is 48.3 Å². The van der Waals surface area contributed by atoms with E-state index in [4.69, 9.17) is 18.3 Å². The molecular weight excluding hydrogens is 256 g/mol. The molecule has 3 aliphatic rings. The van der Waals surface area contributed by atoms with E-state index in [1.807, 2.05) is 20.8 Å². The summed E-state index contributed by atoms with van der Waals surface area (Å²) >= 11 is 0. The molecule has 1 N–H and O–H groups in total. The van der Waals surface area contributed by atoms with Crippen molar-refractivity contribution in [3.05, 3.63) is 11.6 Å². The van der Waals surface area contributed by atoms with Crippen molar-refractivity contribution in [3.63, 3.8) is 0 Å². The molecule has 3 fully saturated rings. The molecular formula is C16H26O4. The van der Waals surface area contributed by atoms with Gasteiger partial charge in [0.1, 0.15) is 5.60 Å². The summed E-state index contributed by atoms with van der Waals surface area (Å²) in [6.45, 7) is 6.34. The number of hydrogen-bond acceptors (Lipinski definition) is 4. The van der Waals surface area contributed by atoms with Crippen LogP contribution in [0.3, 0.4) is 0 Å². The first-order valence-electron chi connectivity index (χ1n) is 8.70. The highest BCUT2D eigenvalue weighted by Gasteiger charge is 2.71. The van der Waals surface area contributed by atoms with Gasteiger partial charge in [-0.2, -0.15) is 0 Å². The zero-order valence-electron chi connectivity index (χ0n) is 15.6. The Bertz CT molecular complexity index is 529. The summed E-state index contributed by atoms with van der Waals surface area (Å²) in [5, 5.41) is 10.5. The summed E-state index contributed by atoms with van der Waals surface area (Å²) in [4.78, 5) is 0. The molecule has 0 radical (unpaired) electrons. The summed E-state index contributed by atoms with van der Waals surface area (Å²) in [5.41, 5.74) is -0.240. The number of rotatable bonds is 4. The van der Waals surface area contributed by atoms with Gasteiger partial charge in [0.15, 0.2) is 0 Å². The molecule has 0 aromatic carbocycles. The second kappa shape index (κ2) is 4.80. The van der Waals surface area contributed by atoms with Gasteiger partial charge in [-0.15, -0.1) is 0 Å². The molecule has 6 atom stereocenters. The lowest BCUT2D eigenvalue weighted by Gasteiger charge is -2.41. The Hall–Kier alpha value is -0.420. The van der Waals surface area contributed by atoms with E-state index < -0.39 is 35.7 Å². The molecule has 2 saturated heterocycles. The molecule has 0 unspecified atom stereocenters. The lowest BCUT2D eigenvalue weighted by atomic mass is 9.68. The Kier molecular flexibility index (Phi) is 2.69. The van der Waals surface area contributed by atoms with Crippen LogP contribution >= 0.6 is 0 Å². The second-order valence-electron chi connectivity index (χ2n) is 6.48. The highest BCUT2D eigenvalue weighted by Crippen LogP contribution is 2.59. The molecule has 3 rings (SSSR count). The van der Waals surface area contributed by atoms with Crippen molar-refractivity contribution in [1.29, 1.82) is 0 Å². The van der Waals surface area contributed by atoms with Crippen molar-refractivity contribution >= 4 is 0 Å². The van der Waals surface area contributed by atoms with Crippen molar-refractivity contribution in [1.82, 2.24) is 0 Å². The summed E-state index contributed by atoms with van der Waals surface area (Å²) < 4.78 is 41.8. The normalized spacial score (nSPS) is 58.5. The smallest absolute Gasteiger partial charge is 0.101 e. The number of epoxide rings is 2. The van der Waals surface area contributed by atoms with Crippen LogP contribution < -0.4 is 0 Å². The first-order chi connectivity index (χ1) is 10.5. The molecule has 2 aliphatic heterocycles. The maximum Gasteiger partial charge on any atom is 0.101 e. The molecule has 4 heteroatoms. The largest absolute Gasteiger partial charge is 0.390 e. The van der Waals surface area contributed by atoms with Crippen molar-refractivity contribution in [2.75, 3.05) is 13.7 Å². The van der Waals surface area contributed by atoms with Crippen LogP contribution in [-0.2, 0) is 14.2 Å². The molecule has 4 nitrogen and oxygen atoms in total. The van der Waals surface area contributed by atoms with E-state index in [0.717, 1.165) is 6.42 Å². The number of aliphatic hydroxyl groups is 1. The highest BCUT2D eigenvalue weighted by atomic mass is 16.6. The maximum atomic E-state index is 10.5. The van der Waals surface area contributed by atoms with Crippen molar-refractivity contribution in [2.45, 2.75) is 69.5 Å². The fourth-order valence-corrected chi connectivity index (χ4v) is 3.44. The number of methoxy groups -OCH3 is 1. The van der Waals surface area contributed by atoms with Crippen LogP contribution in [0.2, 0.25) is 0 Å². The molecule has 114 valence electrons. The first kappa shape index (κ1) is 11.2. The van der Waals surface area contributed by atoms with E-state index in [2.05, 4.69) is 6.08 Å². The van der Waals surface area contributed by atoms with Crippen molar-refractivity contribution in [3.8, 4) is 0 Å². The molecule has 20 heavy (non-hydrogen) atoms. The Morgan fingerprint density at radius 2 is 2.30 bits per heavy atom. The fourth-order valence-electron chi connectivity index (χ4n) is 3.44. The van der Waals surface area contributed by atoms with E-state index in [-0.39, 0.29) is 12.5 Å². The standard InChI is InChI=1S/C16H26O4/c1-10(2)5-6-12-15(3,20-12)14-13(18-4)11(17)7-8-16(14)9-19-16/h5,11-14,17H,6-9H2,1-4H3/t11-,12+,13-,14+,15+,16-/m0/s1/i7D2,13D. The minimum absolute atomic E-state index is 0.0597. The summed E-state index contributed by atoms with van der Waals surface area (Å²) in [7, 11) is 1.34. The van der Waals surface area contributed by atoms with E-state index in [1.54, 1.807) is 0 Å². The maximum absolute atomic E-state index is 10.5. The Morgan fingerprint density at radius 3 is 2.85 bits per heavy atom. The van der Waals surface area contributed by atoms with Gasteiger partial charge in [0.2, 0.25) is 0 Å². The summed E-state index contributed by atoms with van der Waals surface area (Å²) in [6.07, 6.45) is -2.46. The van der Waals surface area contributed by atoms with Crippen LogP contribution in [0.1, 0.15) is 44.1 Å². The number of aliphatic hydroxyl groups excluding tert-OH is 1. The molecule has 1 spiro atoms. The zero-order valence-corrected chi connectivity index (χ0v) is 12.6. The van der Waals surface area contributed by atoms with Crippen LogP contribution in [0.25, 0.3) is 0 Å². The quantitative estimate of drug-likeness (QED) is 0.634. The van der Waals surface area contributed by atoms with Crippen LogP contribution in [0.15, 0.2) is 11.6 Å². The number of ether oxygens (including phenoxy) is 3. The van der Waals surface area contributed by atoms with Gasteiger partial charge in [-0.3, -0.25) is 0 Å². The van der Waals surface area contributed by atoms with Gasteiger partial charge in [-0.25, -0.2) is 0 Å². The molecule has 1 aliphatic carbocycles. The van der Waals surface area contributed by atoms with Crippen molar-refractivity contribution in [2.24, 2.45) is 5.92 Å². The van der Waals surface area contributed by atoms with Crippen LogP contribution in [0, 0.1) is 5.92 Å². The molecule has 1 saturated carbocycles. The molecule has 0 bridgehead atoms. The average Bonchev–Trinajstić information content (AvgIpc) is 3.33. The minimum atomic E-state index is -1.93. The van der Waals surface area contributed by atoms with Gasteiger partial charge in [-0.1, -0.05) is 11.6 Å². The van der Waals surface area contributed by atoms with Gasteiger partial charge in [0, 0.05) is 9.85 Å². The Balaban J connectivity index is 1.92. The van der Waals surface area contributed by atoms with Crippen LogP contribution in [0.4, 0.5) is 0 Å². The lowest BCUT2D eigenvalue weighted by Crippen LogP contribution is -2.54. The third kappa shape index (κ3) is 2.23. The summed E-state index contributed by atoms with van der Waals surface area (Å²) in [5.74, 6) is -0.540. The van der Waals surface area contributed by atoms with Gasteiger partial charge in [0.05, 0.1) is 37.8 Å². The van der Waals surface area contributed by atoms with E-state index >= 15 is 0 Å². The third-order valence-electron chi connectivity index (χ3n) is 4.72. The SMILES string of the molecule is [2H]C1([2H])C[C@]2(CO2)[C@@H]([C@]2(C)O[C@@H]2CC=C(C)C)[C@@]([2H])(OC)[C@H]1O. The fraction of sp³-hybridized carbons (Fsp3) is 0.875. The average molecular weight is 285 g/mol. The van der Waals surface area contributed by atoms with E-state index in [1.165, 1.54) is 12.7 Å². The number of hydrogen-bond donors (Lipinski definition) is 1. The predicted molar refractivity (Wildman–Crippen MR) is 75.5 cm³/mol. The lowest BCUT2D eigenvalue weighted by molar-refractivity contribution is -0.116. The second-order valence-corrected chi connectivity index (χ2v) is 6.48. The first-order valence-corrected chi connectivity index (χ1v) is 7.20. The third-order valence-corrected chi connectivity index (χ3v) is 4.72. The summed E-state index contributed by atoms with van der Waals surface area (Å²) in [6, 6.07) is 0. The molecule has 0 aromatic rings. The van der Waals surface area contributed by atoms with Crippen molar-refractivity contribution < 1.29 is 23.4 Å². The minimum Gasteiger partial charge on any atom is -0.390 e. The Labute approximate surface area is 125 Å². The zero-order chi connectivity index (χ0) is 17.3. The van der Waals surface area contributed by atoms with Gasteiger partial charge < -0.3 is 19.3 Å². The van der Waals surface area contributed by atoms with Gasteiger partial charge >= 0.3 is 0 Å². The predicted octanol–water partition coefficient (Wildman–Crippen LogP) is 2.06. The van der Waals surface area contributed by atoms with Gasteiger partial charge in [0.25, 0.3) is 0 Å². The molecule has 0 amide bonds. The highest BCUT2D eigenvalue weighted by molar-refractivity contribution is 5.20. The van der Waals surface area contributed by atoms with E-state index in [9.17, 15) is 5.11 Å². The number of allylic oxidation sites excluding steroid dienone is 1. The molecule has 2 heterocycles. The van der Waals surface area contributed by atoms with E-state index in [0.29, 0.717) is 6.61 Å².